The molecule has 11 heteroatoms. The molecule has 1 aromatic carbocycles. The maximum atomic E-state index is 12.7. The number of nitrogens with one attached hydrogen (secondary N) is 1. The summed E-state index contributed by atoms with van der Waals surface area (Å²) < 4.78 is 51.4. The number of nitrogen functional groups attached to an aromatic ring is 1. The van der Waals surface area contributed by atoms with Crippen molar-refractivity contribution in [2.45, 2.75) is 31.2 Å². The highest BCUT2D eigenvalue weighted by Crippen LogP contribution is 2.29. The summed E-state index contributed by atoms with van der Waals surface area (Å²) in [5, 5.41) is 0.0158. The molecule has 3 N–H and O–H groups in total. The minimum atomic E-state index is -4.43. The Labute approximate surface area is 153 Å². The monoisotopic (exact) mass is 399 g/mol. The molecule has 0 aliphatic rings. The molecular weight excluding hydrogens is 383 g/mol. The summed E-state index contributed by atoms with van der Waals surface area (Å²) in [6.45, 7) is 1.84. The molecule has 2 heterocycles. The van der Waals surface area contributed by atoms with Crippen molar-refractivity contribution in [3.63, 3.8) is 0 Å². The van der Waals surface area contributed by atoms with Gasteiger partial charge in [-0.3, -0.25) is 8.78 Å². The molecule has 7 nitrogen and oxygen atoms in total. The fourth-order valence-electron chi connectivity index (χ4n) is 2.54. The molecule has 144 valence electrons. The molecule has 0 saturated heterocycles. The summed E-state index contributed by atoms with van der Waals surface area (Å²) in [6.07, 6.45) is -3.78. The number of benzene rings is 1. The van der Waals surface area contributed by atoms with Gasteiger partial charge in [0.05, 0.1) is 22.9 Å². The van der Waals surface area contributed by atoms with Crippen LogP contribution in [0.25, 0.3) is 11.2 Å². The standard InChI is InChI=1S/C16H16F3N5O2S/c1-2-7-27(26)14-22-12(20)11-13(23-14)24(15(25)21-11)8-9-3-5-10(6-4-9)16(17,18)19/h3-6H,2,7-8H2,1H3,(H,21,25)(H2,20,22,23). The third kappa shape index (κ3) is 3.87. The van der Waals surface area contributed by atoms with Gasteiger partial charge in [0.25, 0.3) is 0 Å². The number of fused-ring (bicyclic) bond motifs is 1. The van der Waals surface area contributed by atoms with Gasteiger partial charge in [-0.15, -0.1) is 0 Å². The van der Waals surface area contributed by atoms with Crippen LogP contribution in [-0.4, -0.2) is 29.5 Å². The quantitative estimate of drug-likeness (QED) is 0.640. The van der Waals surface area contributed by atoms with Crippen molar-refractivity contribution in [3.8, 4) is 0 Å². The molecule has 27 heavy (non-hydrogen) atoms. The van der Waals surface area contributed by atoms with E-state index in [9.17, 15) is 22.2 Å². The predicted octanol–water partition coefficient (Wildman–Crippen LogP) is 2.29. The van der Waals surface area contributed by atoms with Gasteiger partial charge in [0.1, 0.15) is 5.52 Å². The Bertz CT molecular complexity index is 1060. The Morgan fingerprint density at radius 1 is 1.22 bits per heavy atom. The van der Waals surface area contributed by atoms with E-state index >= 15 is 0 Å². The number of hydrogen-bond donors (Lipinski definition) is 2. The van der Waals surface area contributed by atoms with Crippen molar-refractivity contribution in [1.29, 1.82) is 0 Å². The molecule has 0 fully saturated rings. The first-order valence-electron chi connectivity index (χ1n) is 8.01. The maximum Gasteiger partial charge on any atom is 0.416 e. The van der Waals surface area contributed by atoms with Gasteiger partial charge in [-0.25, -0.2) is 14.8 Å². The van der Waals surface area contributed by atoms with E-state index in [0.29, 0.717) is 17.7 Å². The Morgan fingerprint density at radius 3 is 2.48 bits per heavy atom. The summed E-state index contributed by atoms with van der Waals surface area (Å²) in [4.78, 5) is 23.0. The van der Waals surface area contributed by atoms with Gasteiger partial charge in [-0.2, -0.15) is 13.2 Å². The maximum absolute atomic E-state index is 12.7. The van der Waals surface area contributed by atoms with Crippen molar-refractivity contribution in [3.05, 3.63) is 45.9 Å². The van der Waals surface area contributed by atoms with Crippen LogP contribution in [0.2, 0.25) is 0 Å². The minimum Gasteiger partial charge on any atom is -0.382 e. The molecule has 0 amide bonds. The van der Waals surface area contributed by atoms with Gasteiger partial charge in [0.15, 0.2) is 11.5 Å². The molecular formula is C16H16F3N5O2S. The Balaban J connectivity index is 2.02. The first-order valence-corrected chi connectivity index (χ1v) is 9.33. The van der Waals surface area contributed by atoms with Crippen LogP contribution in [0.1, 0.15) is 24.5 Å². The summed E-state index contributed by atoms with van der Waals surface area (Å²) >= 11 is 0. The number of H-pyrrole nitrogens is 1. The van der Waals surface area contributed by atoms with Crippen molar-refractivity contribution >= 4 is 27.8 Å². The van der Waals surface area contributed by atoms with E-state index in [1.54, 1.807) is 0 Å². The number of nitrogens with two attached hydrogens (primary N) is 1. The summed E-state index contributed by atoms with van der Waals surface area (Å²) in [7, 11) is -1.46. The number of aromatic amines is 1. The van der Waals surface area contributed by atoms with Crippen LogP contribution in [0.15, 0.2) is 34.2 Å². The molecule has 1 atom stereocenters. The van der Waals surface area contributed by atoms with Gasteiger partial charge in [-0.1, -0.05) is 19.1 Å². The molecule has 0 saturated carbocycles. The zero-order valence-corrected chi connectivity index (χ0v) is 15.0. The first-order chi connectivity index (χ1) is 12.7. The molecule has 1 unspecified atom stereocenters. The third-order valence-electron chi connectivity index (χ3n) is 3.85. The van der Waals surface area contributed by atoms with E-state index < -0.39 is 28.2 Å². The fourth-order valence-corrected chi connectivity index (χ4v) is 3.48. The number of hydrogen-bond acceptors (Lipinski definition) is 5. The van der Waals surface area contributed by atoms with Gasteiger partial charge >= 0.3 is 11.9 Å². The van der Waals surface area contributed by atoms with Crippen LogP contribution in [-0.2, 0) is 23.5 Å². The molecule has 2 aromatic heterocycles. The number of alkyl halides is 3. The molecule has 0 aliphatic heterocycles. The molecule has 0 radical (unpaired) electrons. The van der Waals surface area contributed by atoms with Crippen LogP contribution in [0.5, 0.6) is 0 Å². The number of aromatic nitrogens is 4. The van der Waals surface area contributed by atoms with Crippen LogP contribution < -0.4 is 11.4 Å². The Hall–Kier alpha value is -2.69. The predicted molar refractivity (Wildman–Crippen MR) is 94.7 cm³/mol. The van der Waals surface area contributed by atoms with Gasteiger partial charge in [0, 0.05) is 5.75 Å². The SMILES string of the molecule is CCCS(=O)c1nc(N)c2[nH]c(=O)n(Cc3ccc(C(F)(F)F)cc3)c2n1. The summed E-state index contributed by atoms with van der Waals surface area (Å²) in [6, 6.07) is 4.46. The Morgan fingerprint density at radius 2 is 1.89 bits per heavy atom. The summed E-state index contributed by atoms with van der Waals surface area (Å²) in [5.41, 5.74) is 5.36. The van der Waals surface area contributed by atoms with E-state index in [1.165, 1.54) is 16.7 Å². The van der Waals surface area contributed by atoms with Crippen molar-refractivity contribution in [2.75, 3.05) is 11.5 Å². The lowest BCUT2D eigenvalue weighted by atomic mass is 10.1. The number of halogens is 3. The van der Waals surface area contributed by atoms with Crippen LogP contribution >= 0.6 is 0 Å². The average Bonchev–Trinajstić information content (AvgIpc) is 2.91. The molecule has 0 aliphatic carbocycles. The van der Waals surface area contributed by atoms with E-state index in [0.717, 1.165) is 12.1 Å². The fraction of sp³-hybridized carbons (Fsp3) is 0.312. The highest BCUT2D eigenvalue weighted by molar-refractivity contribution is 7.84. The van der Waals surface area contributed by atoms with E-state index in [4.69, 9.17) is 5.73 Å². The Kier molecular flexibility index (Phi) is 5.05. The zero-order valence-electron chi connectivity index (χ0n) is 14.2. The van der Waals surface area contributed by atoms with E-state index in [2.05, 4.69) is 15.0 Å². The average molecular weight is 399 g/mol. The van der Waals surface area contributed by atoms with Gasteiger partial charge in [-0.05, 0) is 24.1 Å². The second-order valence-corrected chi connectivity index (χ2v) is 7.32. The molecule has 3 rings (SSSR count). The number of rotatable bonds is 5. The lowest BCUT2D eigenvalue weighted by Gasteiger charge is -2.08. The topological polar surface area (TPSA) is 107 Å². The highest BCUT2D eigenvalue weighted by atomic mass is 32.2. The van der Waals surface area contributed by atoms with Crippen molar-refractivity contribution < 1.29 is 17.4 Å². The van der Waals surface area contributed by atoms with Gasteiger partial charge < -0.3 is 10.7 Å². The number of anilines is 1. The first kappa shape index (κ1) is 19.1. The highest BCUT2D eigenvalue weighted by Gasteiger charge is 2.30. The smallest absolute Gasteiger partial charge is 0.382 e. The molecule has 0 spiro atoms. The number of imidazole rings is 1. The molecule has 0 bridgehead atoms. The van der Waals surface area contributed by atoms with Crippen LogP contribution in [0.3, 0.4) is 0 Å². The second kappa shape index (κ2) is 7.14. The largest absolute Gasteiger partial charge is 0.416 e. The zero-order chi connectivity index (χ0) is 19.8. The lowest BCUT2D eigenvalue weighted by Crippen LogP contribution is -2.18. The van der Waals surface area contributed by atoms with Crippen molar-refractivity contribution in [1.82, 2.24) is 19.5 Å². The van der Waals surface area contributed by atoms with Crippen molar-refractivity contribution in [2.24, 2.45) is 0 Å². The van der Waals surface area contributed by atoms with Gasteiger partial charge in [0.2, 0.25) is 5.16 Å². The van der Waals surface area contributed by atoms with E-state index in [-0.39, 0.29) is 28.7 Å². The third-order valence-corrected chi connectivity index (χ3v) is 5.21. The number of nitrogens with zero attached hydrogens (tertiary/aromatic N) is 3. The van der Waals surface area contributed by atoms with Crippen LogP contribution in [0.4, 0.5) is 19.0 Å². The molecule has 3 aromatic rings. The van der Waals surface area contributed by atoms with Crippen LogP contribution in [0, 0.1) is 0 Å². The minimum absolute atomic E-state index is 0.0114. The summed E-state index contributed by atoms with van der Waals surface area (Å²) in [5.74, 6) is 0.334. The lowest BCUT2D eigenvalue weighted by molar-refractivity contribution is -0.137. The van der Waals surface area contributed by atoms with E-state index in [1.807, 2.05) is 6.92 Å². The second-order valence-electron chi connectivity index (χ2n) is 5.85. The normalized spacial score (nSPS) is 13.2.